The van der Waals surface area contributed by atoms with Crippen molar-refractivity contribution in [3.8, 4) is 5.75 Å². The van der Waals surface area contributed by atoms with Crippen LogP contribution in [0.25, 0.3) is 16.8 Å². The van der Waals surface area contributed by atoms with E-state index < -0.39 is 22.9 Å². The molecule has 0 aromatic heterocycles. The Morgan fingerprint density at radius 2 is 1.71 bits per heavy atom. The molecule has 31 heavy (non-hydrogen) atoms. The fourth-order valence-electron chi connectivity index (χ4n) is 2.81. The number of fused-ring (bicyclic) bond motifs is 1. The van der Waals surface area contributed by atoms with Crippen LogP contribution in [-0.4, -0.2) is 30.0 Å². The van der Waals surface area contributed by atoms with E-state index in [4.69, 9.17) is 9.47 Å². The molecule has 0 bridgehead atoms. The molecule has 0 spiro atoms. The lowest BCUT2D eigenvalue weighted by Crippen LogP contribution is -2.29. The van der Waals surface area contributed by atoms with Crippen molar-refractivity contribution >= 4 is 40.1 Å². The van der Waals surface area contributed by atoms with Crippen molar-refractivity contribution in [2.24, 2.45) is 0 Å². The number of rotatable bonds is 7. The zero-order valence-corrected chi connectivity index (χ0v) is 16.9. The first-order valence-electron chi connectivity index (χ1n) is 9.37. The highest BCUT2D eigenvalue weighted by Crippen LogP contribution is 2.22. The van der Waals surface area contributed by atoms with Crippen LogP contribution in [0.2, 0.25) is 0 Å². The van der Waals surface area contributed by atoms with Gasteiger partial charge in [0.1, 0.15) is 5.75 Å². The minimum atomic E-state index is -1.04. The van der Waals surface area contributed by atoms with Gasteiger partial charge in [0.25, 0.3) is 11.6 Å². The third-order valence-electron chi connectivity index (χ3n) is 4.49. The molecular formula is C23H20N2O6. The van der Waals surface area contributed by atoms with E-state index in [1.165, 1.54) is 37.3 Å². The molecule has 1 amide bonds. The van der Waals surface area contributed by atoms with Crippen LogP contribution >= 0.6 is 0 Å². The second-order valence-corrected chi connectivity index (χ2v) is 6.68. The van der Waals surface area contributed by atoms with Crippen molar-refractivity contribution < 1.29 is 24.0 Å². The van der Waals surface area contributed by atoms with E-state index in [1.807, 2.05) is 36.4 Å². The Balaban J connectivity index is 1.57. The molecule has 3 aromatic carbocycles. The average Bonchev–Trinajstić information content (AvgIpc) is 2.77. The van der Waals surface area contributed by atoms with E-state index in [0.717, 1.165) is 22.1 Å². The first-order chi connectivity index (χ1) is 14.9. The molecule has 0 fully saturated rings. The molecule has 8 heteroatoms. The van der Waals surface area contributed by atoms with Gasteiger partial charge < -0.3 is 14.8 Å². The summed E-state index contributed by atoms with van der Waals surface area (Å²) in [5.41, 5.74) is 1.08. The molecule has 0 heterocycles. The second-order valence-electron chi connectivity index (χ2n) is 6.68. The van der Waals surface area contributed by atoms with E-state index in [9.17, 15) is 19.7 Å². The second kappa shape index (κ2) is 9.53. The SMILES string of the molecule is COc1ccc2cc(/C=C/C(=O)OC(C)C(=O)Nc3ccc([N+](=O)[O-])cc3)ccc2c1. The van der Waals surface area contributed by atoms with E-state index in [-0.39, 0.29) is 5.69 Å². The highest BCUT2D eigenvalue weighted by atomic mass is 16.6. The maximum atomic E-state index is 12.2. The van der Waals surface area contributed by atoms with Crippen LogP contribution in [0.5, 0.6) is 5.75 Å². The van der Waals surface area contributed by atoms with Crippen molar-refractivity contribution in [1.29, 1.82) is 0 Å². The molecule has 1 N–H and O–H groups in total. The third-order valence-corrected chi connectivity index (χ3v) is 4.49. The fourth-order valence-corrected chi connectivity index (χ4v) is 2.81. The van der Waals surface area contributed by atoms with Crippen molar-refractivity contribution in [3.63, 3.8) is 0 Å². The molecule has 158 valence electrons. The summed E-state index contributed by atoms with van der Waals surface area (Å²) in [5, 5.41) is 15.2. The number of hydrogen-bond acceptors (Lipinski definition) is 6. The van der Waals surface area contributed by atoms with Gasteiger partial charge in [0, 0.05) is 23.9 Å². The predicted molar refractivity (Wildman–Crippen MR) is 117 cm³/mol. The quantitative estimate of drug-likeness (QED) is 0.264. The topological polar surface area (TPSA) is 108 Å². The molecule has 0 saturated heterocycles. The number of amides is 1. The normalized spacial score (nSPS) is 11.8. The lowest BCUT2D eigenvalue weighted by atomic mass is 10.1. The predicted octanol–water partition coefficient (Wildman–Crippen LogP) is 4.34. The van der Waals surface area contributed by atoms with Crippen LogP contribution in [-0.2, 0) is 14.3 Å². The minimum Gasteiger partial charge on any atom is -0.497 e. The van der Waals surface area contributed by atoms with Gasteiger partial charge in [0.15, 0.2) is 6.10 Å². The third kappa shape index (κ3) is 5.66. The Bertz CT molecular complexity index is 1150. The van der Waals surface area contributed by atoms with E-state index in [1.54, 1.807) is 13.2 Å². The number of ether oxygens (including phenoxy) is 2. The molecule has 0 radical (unpaired) electrons. The van der Waals surface area contributed by atoms with Crippen LogP contribution in [0.15, 0.2) is 66.7 Å². The molecule has 1 atom stereocenters. The fraction of sp³-hybridized carbons (Fsp3) is 0.130. The van der Waals surface area contributed by atoms with Crippen LogP contribution in [0.3, 0.4) is 0 Å². The van der Waals surface area contributed by atoms with Crippen molar-refractivity contribution in [2.75, 3.05) is 12.4 Å². The summed E-state index contributed by atoms with van der Waals surface area (Å²) in [4.78, 5) is 34.4. The van der Waals surface area contributed by atoms with Crippen molar-refractivity contribution in [1.82, 2.24) is 0 Å². The molecule has 3 rings (SSSR count). The zero-order chi connectivity index (χ0) is 22.4. The van der Waals surface area contributed by atoms with Gasteiger partial charge >= 0.3 is 5.97 Å². The number of non-ortho nitro benzene ring substituents is 1. The van der Waals surface area contributed by atoms with E-state index in [2.05, 4.69) is 5.32 Å². The molecule has 1 unspecified atom stereocenters. The van der Waals surface area contributed by atoms with Gasteiger partial charge in [0.2, 0.25) is 0 Å². The molecule has 8 nitrogen and oxygen atoms in total. The number of nitrogens with one attached hydrogen (secondary N) is 1. The standard InChI is InChI=1S/C23H20N2O6/c1-15(23(27)24-19-7-9-20(10-8-19)25(28)29)31-22(26)12-4-16-3-5-18-14-21(30-2)11-6-17(18)13-16/h3-15H,1-2H3,(H,24,27)/b12-4+. The zero-order valence-electron chi connectivity index (χ0n) is 16.9. The minimum absolute atomic E-state index is 0.0876. The van der Waals surface area contributed by atoms with Crippen LogP contribution in [0.4, 0.5) is 11.4 Å². The van der Waals surface area contributed by atoms with Crippen LogP contribution < -0.4 is 10.1 Å². The average molecular weight is 420 g/mol. The number of benzene rings is 3. The van der Waals surface area contributed by atoms with Gasteiger partial charge in [-0.15, -0.1) is 0 Å². The summed E-state index contributed by atoms with van der Waals surface area (Å²) in [6, 6.07) is 16.7. The highest BCUT2D eigenvalue weighted by Gasteiger charge is 2.17. The van der Waals surface area contributed by atoms with Gasteiger partial charge in [-0.05, 0) is 59.7 Å². The number of carbonyl (C=O) groups excluding carboxylic acids is 2. The molecule has 0 aliphatic heterocycles. The van der Waals surface area contributed by atoms with Gasteiger partial charge in [0.05, 0.1) is 12.0 Å². The lowest BCUT2D eigenvalue weighted by Gasteiger charge is -2.12. The summed E-state index contributed by atoms with van der Waals surface area (Å²) in [5.74, 6) is -0.447. The maximum Gasteiger partial charge on any atom is 0.331 e. The molecule has 0 aliphatic rings. The largest absolute Gasteiger partial charge is 0.497 e. The number of hydrogen-bond donors (Lipinski definition) is 1. The monoisotopic (exact) mass is 420 g/mol. The molecule has 3 aromatic rings. The highest BCUT2D eigenvalue weighted by molar-refractivity contribution is 5.97. The lowest BCUT2D eigenvalue weighted by molar-refractivity contribution is -0.384. The number of methoxy groups -OCH3 is 1. The molecular weight excluding hydrogens is 400 g/mol. The van der Waals surface area contributed by atoms with Gasteiger partial charge in [-0.3, -0.25) is 14.9 Å². The number of nitro groups is 1. The summed E-state index contributed by atoms with van der Waals surface area (Å²) >= 11 is 0. The Morgan fingerprint density at radius 1 is 1.03 bits per heavy atom. The number of nitro benzene ring substituents is 1. The Morgan fingerprint density at radius 3 is 2.39 bits per heavy atom. The summed E-state index contributed by atoms with van der Waals surface area (Å²) < 4.78 is 10.3. The Labute approximate surface area is 178 Å². The molecule has 0 saturated carbocycles. The van der Waals surface area contributed by atoms with E-state index in [0.29, 0.717) is 5.69 Å². The molecule has 0 aliphatic carbocycles. The maximum absolute atomic E-state index is 12.2. The summed E-state index contributed by atoms with van der Waals surface area (Å²) in [7, 11) is 1.61. The first-order valence-corrected chi connectivity index (χ1v) is 9.37. The smallest absolute Gasteiger partial charge is 0.331 e. The van der Waals surface area contributed by atoms with Gasteiger partial charge in [-0.25, -0.2) is 4.79 Å². The van der Waals surface area contributed by atoms with Crippen LogP contribution in [0, 0.1) is 10.1 Å². The van der Waals surface area contributed by atoms with Crippen LogP contribution in [0.1, 0.15) is 12.5 Å². The summed E-state index contributed by atoms with van der Waals surface area (Å²) in [6.07, 6.45) is 1.81. The van der Waals surface area contributed by atoms with Gasteiger partial charge in [-0.2, -0.15) is 0 Å². The number of nitrogens with zero attached hydrogens (tertiary/aromatic N) is 1. The van der Waals surface area contributed by atoms with Gasteiger partial charge in [-0.1, -0.05) is 18.2 Å². The van der Waals surface area contributed by atoms with Crippen molar-refractivity contribution in [2.45, 2.75) is 13.0 Å². The first kappa shape index (κ1) is 21.5. The van der Waals surface area contributed by atoms with Crippen molar-refractivity contribution in [3.05, 3.63) is 82.4 Å². The summed E-state index contributed by atoms with van der Waals surface area (Å²) in [6.45, 7) is 1.44. The Hall–Kier alpha value is -4.20. The number of esters is 1. The number of anilines is 1. The Kier molecular flexibility index (Phi) is 6.61. The van der Waals surface area contributed by atoms with E-state index >= 15 is 0 Å². The number of carbonyl (C=O) groups is 2.